The van der Waals surface area contributed by atoms with Crippen molar-refractivity contribution in [3.05, 3.63) is 172 Å². The lowest BCUT2D eigenvalue weighted by Gasteiger charge is -2.49. The van der Waals surface area contributed by atoms with Crippen molar-refractivity contribution >= 4 is 11.6 Å². The van der Waals surface area contributed by atoms with Crippen molar-refractivity contribution in [1.82, 2.24) is 0 Å². The van der Waals surface area contributed by atoms with E-state index in [1.165, 1.54) is 6.07 Å². The highest BCUT2D eigenvalue weighted by molar-refractivity contribution is 6.31. The SMILES string of the molecule is CCOc1ccc(Cc2cc([C@]34OC[C@](O)(O3)[C@@H](OCc3ccccc3)[C@H](OCc3ccccc3)[C@H]4OCc3ccccc3)ccc2Cl)cc1F. The molecule has 1 N–H and O–H groups in total. The van der Waals surface area contributed by atoms with E-state index in [1.54, 1.807) is 18.2 Å². The first kappa shape index (κ1) is 35.3. The highest BCUT2D eigenvalue weighted by atomic mass is 35.5. The Balaban J connectivity index is 1.27. The number of benzene rings is 5. The fourth-order valence-electron chi connectivity index (χ4n) is 6.72. The third-order valence-corrected chi connectivity index (χ3v) is 9.58. The van der Waals surface area contributed by atoms with Crippen molar-refractivity contribution in [2.45, 2.75) is 63.1 Å². The molecular formula is C42H40ClFO7. The van der Waals surface area contributed by atoms with Crippen LogP contribution in [-0.4, -0.2) is 42.4 Å². The summed E-state index contributed by atoms with van der Waals surface area (Å²) < 4.78 is 53.4. The quantitative estimate of drug-likeness (QED) is 0.125. The van der Waals surface area contributed by atoms with Crippen molar-refractivity contribution in [2.75, 3.05) is 13.2 Å². The number of halogens is 2. The molecule has 2 bridgehead atoms. The molecule has 264 valence electrons. The Kier molecular flexibility index (Phi) is 10.8. The minimum atomic E-state index is -1.89. The van der Waals surface area contributed by atoms with Crippen LogP contribution in [0.2, 0.25) is 5.02 Å². The molecule has 7 nitrogen and oxygen atoms in total. The summed E-state index contributed by atoms with van der Waals surface area (Å²) in [6, 6.07) is 39.6. The van der Waals surface area contributed by atoms with Crippen molar-refractivity contribution in [3.8, 4) is 5.75 Å². The molecule has 0 radical (unpaired) electrons. The van der Waals surface area contributed by atoms with Gasteiger partial charge in [-0.2, -0.15) is 0 Å². The maximum Gasteiger partial charge on any atom is 0.227 e. The van der Waals surface area contributed by atoms with Gasteiger partial charge in [-0.05, 0) is 65.4 Å². The second-order valence-electron chi connectivity index (χ2n) is 12.8. The van der Waals surface area contributed by atoms with Crippen LogP contribution in [0, 0.1) is 5.82 Å². The largest absolute Gasteiger partial charge is 0.491 e. The normalized spacial score (nSPS) is 24.0. The molecule has 2 saturated heterocycles. The lowest BCUT2D eigenvalue weighted by atomic mass is 9.87. The molecular weight excluding hydrogens is 671 g/mol. The van der Waals surface area contributed by atoms with Gasteiger partial charge in [0.05, 0.1) is 26.4 Å². The molecule has 0 aliphatic carbocycles. The van der Waals surface area contributed by atoms with Crippen LogP contribution in [-0.2, 0) is 55.7 Å². The van der Waals surface area contributed by atoms with Crippen LogP contribution in [0.25, 0.3) is 0 Å². The lowest BCUT2D eigenvalue weighted by molar-refractivity contribution is -0.388. The minimum Gasteiger partial charge on any atom is -0.491 e. The zero-order valence-electron chi connectivity index (χ0n) is 28.3. The van der Waals surface area contributed by atoms with Crippen molar-refractivity contribution in [1.29, 1.82) is 0 Å². The molecule has 9 heteroatoms. The highest BCUT2D eigenvalue weighted by Gasteiger charge is 2.69. The maximum atomic E-state index is 14.8. The van der Waals surface area contributed by atoms with E-state index in [0.717, 1.165) is 16.7 Å². The van der Waals surface area contributed by atoms with Gasteiger partial charge in [-0.15, -0.1) is 0 Å². The summed E-state index contributed by atoms with van der Waals surface area (Å²) in [7, 11) is 0. The van der Waals surface area contributed by atoms with E-state index in [-0.39, 0.29) is 32.2 Å². The number of ether oxygens (including phenoxy) is 6. The molecule has 5 atom stereocenters. The van der Waals surface area contributed by atoms with Gasteiger partial charge < -0.3 is 33.5 Å². The molecule has 7 rings (SSSR count). The van der Waals surface area contributed by atoms with Crippen LogP contribution in [0.5, 0.6) is 5.75 Å². The van der Waals surface area contributed by atoms with Crippen LogP contribution >= 0.6 is 11.6 Å². The van der Waals surface area contributed by atoms with Gasteiger partial charge >= 0.3 is 0 Å². The van der Waals surface area contributed by atoms with Crippen LogP contribution in [0.4, 0.5) is 4.39 Å². The summed E-state index contributed by atoms with van der Waals surface area (Å²) in [5.74, 6) is -3.76. The van der Waals surface area contributed by atoms with Gasteiger partial charge in [-0.25, -0.2) is 4.39 Å². The topological polar surface area (TPSA) is 75.6 Å². The van der Waals surface area contributed by atoms with E-state index in [9.17, 15) is 9.50 Å². The lowest BCUT2D eigenvalue weighted by Crippen LogP contribution is -2.66. The number of fused-ring (bicyclic) bond motifs is 2. The molecule has 0 amide bonds. The fourth-order valence-corrected chi connectivity index (χ4v) is 6.90. The average Bonchev–Trinajstić information content (AvgIpc) is 3.48. The summed E-state index contributed by atoms with van der Waals surface area (Å²) in [5, 5.41) is 12.7. The summed E-state index contributed by atoms with van der Waals surface area (Å²) in [6.45, 7) is 2.60. The van der Waals surface area contributed by atoms with Crippen molar-refractivity contribution in [3.63, 3.8) is 0 Å². The van der Waals surface area contributed by atoms with Crippen LogP contribution in [0.3, 0.4) is 0 Å². The predicted molar refractivity (Wildman–Crippen MR) is 191 cm³/mol. The first-order valence-corrected chi connectivity index (χ1v) is 17.5. The summed E-state index contributed by atoms with van der Waals surface area (Å²) in [5.41, 5.74) is 4.78. The highest BCUT2D eigenvalue weighted by Crippen LogP contribution is 2.52. The number of aliphatic hydroxyl groups is 1. The van der Waals surface area contributed by atoms with Gasteiger partial charge in [-0.3, -0.25) is 0 Å². The zero-order chi connectivity index (χ0) is 35.3. The van der Waals surface area contributed by atoms with E-state index in [0.29, 0.717) is 34.7 Å². The molecule has 51 heavy (non-hydrogen) atoms. The van der Waals surface area contributed by atoms with Gasteiger partial charge in [0.1, 0.15) is 24.9 Å². The van der Waals surface area contributed by atoms with Gasteiger partial charge in [0, 0.05) is 10.6 Å². The van der Waals surface area contributed by atoms with Crippen LogP contribution in [0.1, 0.15) is 40.3 Å². The van der Waals surface area contributed by atoms with Crippen molar-refractivity contribution in [2.24, 2.45) is 0 Å². The number of hydrogen-bond donors (Lipinski definition) is 1. The molecule has 2 aliphatic heterocycles. The molecule has 0 saturated carbocycles. The van der Waals surface area contributed by atoms with Crippen molar-refractivity contribution < 1.29 is 37.9 Å². The number of hydrogen-bond acceptors (Lipinski definition) is 7. The Hall–Kier alpha value is -4.12. The summed E-state index contributed by atoms with van der Waals surface area (Å²) in [6.07, 6.45) is -2.43. The van der Waals surface area contributed by atoms with E-state index in [2.05, 4.69) is 0 Å². The Morgan fingerprint density at radius 3 is 1.90 bits per heavy atom. The molecule has 2 heterocycles. The Labute approximate surface area is 302 Å². The monoisotopic (exact) mass is 710 g/mol. The van der Waals surface area contributed by atoms with Gasteiger partial charge in [0.25, 0.3) is 0 Å². The third-order valence-electron chi connectivity index (χ3n) is 9.21. The van der Waals surface area contributed by atoms with Gasteiger partial charge in [-0.1, -0.05) is 115 Å². The summed E-state index contributed by atoms with van der Waals surface area (Å²) in [4.78, 5) is 0. The molecule has 2 fully saturated rings. The predicted octanol–water partition coefficient (Wildman–Crippen LogP) is 8.13. The van der Waals surface area contributed by atoms with Gasteiger partial charge in [0.15, 0.2) is 11.6 Å². The Morgan fingerprint density at radius 1 is 0.725 bits per heavy atom. The average molecular weight is 711 g/mol. The smallest absolute Gasteiger partial charge is 0.227 e. The summed E-state index contributed by atoms with van der Waals surface area (Å²) >= 11 is 6.75. The van der Waals surface area contributed by atoms with Crippen LogP contribution < -0.4 is 4.74 Å². The molecule has 0 aromatic heterocycles. The fraction of sp³-hybridized carbons (Fsp3) is 0.286. The van der Waals surface area contributed by atoms with E-state index in [4.69, 9.17) is 40.0 Å². The van der Waals surface area contributed by atoms with E-state index >= 15 is 0 Å². The number of rotatable bonds is 14. The molecule has 0 unspecified atom stereocenters. The third kappa shape index (κ3) is 7.73. The second kappa shape index (κ2) is 15.6. The standard InChI is InChI=1S/C42H40ClFO7/c1-2-46-37-21-18-32(23-36(37)44)22-33-24-34(19-20-35(33)43)42-40(49-27-31-16-10-5-11-17-31)38(47-25-29-12-6-3-7-13-29)39(41(45,51-42)28-50-42)48-26-30-14-8-4-9-15-30/h3-21,23-24,38-40,45H,2,22,25-28H2,1H3/t38-,39-,40+,41-,42-/m0/s1. The maximum absolute atomic E-state index is 14.8. The van der Waals surface area contributed by atoms with Crippen LogP contribution in [0.15, 0.2) is 127 Å². The second-order valence-corrected chi connectivity index (χ2v) is 13.2. The minimum absolute atomic E-state index is 0.193. The van der Waals surface area contributed by atoms with Gasteiger partial charge in [0.2, 0.25) is 11.6 Å². The van der Waals surface area contributed by atoms with E-state index in [1.807, 2.05) is 110 Å². The Bertz CT molecular complexity index is 1900. The van der Waals surface area contributed by atoms with E-state index < -0.39 is 35.7 Å². The molecule has 2 aliphatic rings. The zero-order valence-corrected chi connectivity index (χ0v) is 29.0. The Morgan fingerprint density at radius 2 is 1.31 bits per heavy atom. The first-order chi connectivity index (χ1) is 24.9. The molecule has 0 spiro atoms. The molecule has 5 aromatic rings. The first-order valence-electron chi connectivity index (χ1n) is 17.1. The molecule has 5 aromatic carbocycles.